The summed E-state index contributed by atoms with van der Waals surface area (Å²) in [6, 6.07) is 14.7. The van der Waals surface area contributed by atoms with E-state index >= 15 is 0 Å². The zero-order valence-electron chi connectivity index (χ0n) is 11.9. The third-order valence-electron chi connectivity index (χ3n) is 4.18. The van der Waals surface area contributed by atoms with E-state index in [4.69, 9.17) is 5.73 Å². The highest BCUT2D eigenvalue weighted by Gasteiger charge is 2.74. The van der Waals surface area contributed by atoms with Crippen LogP contribution in [-0.4, -0.2) is 30.3 Å². The summed E-state index contributed by atoms with van der Waals surface area (Å²) in [5.74, 6) is -2.09. The molecule has 3 N–H and O–H groups in total. The highest BCUT2D eigenvalue weighted by Crippen LogP contribution is 2.55. The molecule has 7 heteroatoms. The van der Waals surface area contributed by atoms with Crippen LogP contribution in [0.3, 0.4) is 0 Å². The van der Waals surface area contributed by atoms with Gasteiger partial charge in [0.1, 0.15) is 10.8 Å². The Morgan fingerprint density at radius 2 is 1.65 bits per heavy atom. The van der Waals surface area contributed by atoms with Gasteiger partial charge in [0.2, 0.25) is 0 Å². The lowest BCUT2D eigenvalue weighted by Gasteiger charge is -2.06. The molecule has 3 rings (SSSR count). The predicted molar refractivity (Wildman–Crippen MR) is 88.9 cm³/mol. The van der Waals surface area contributed by atoms with E-state index in [-0.39, 0.29) is 4.90 Å². The number of hydrogen-bond donors (Lipinski definition) is 2. The van der Waals surface area contributed by atoms with E-state index in [1.54, 1.807) is 42.5 Å². The SMILES string of the molecule is N[C@@]1(C(=O)O)[C@@H](c2ccc(Br)cc2)[C@@H]1S(=O)(=O)c1ccccc1. The van der Waals surface area contributed by atoms with Crippen molar-refractivity contribution in [2.45, 2.75) is 21.6 Å². The Balaban J connectivity index is 2.07. The summed E-state index contributed by atoms with van der Waals surface area (Å²) in [7, 11) is -3.84. The van der Waals surface area contributed by atoms with Crippen LogP contribution < -0.4 is 5.73 Å². The third kappa shape index (κ3) is 2.49. The first-order chi connectivity index (χ1) is 10.8. The van der Waals surface area contributed by atoms with Gasteiger partial charge in [-0.25, -0.2) is 8.42 Å². The van der Waals surface area contributed by atoms with Gasteiger partial charge in [0.15, 0.2) is 9.84 Å². The van der Waals surface area contributed by atoms with Gasteiger partial charge in [0.05, 0.1) is 4.90 Å². The number of carbonyl (C=O) groups is 1. The maximum Gasteiger partial charge on any atom is 0.325 e. The number of halogens is 1. The Bertz CT molecular complexity index is 851. The number of hydrogen-bond acceptors (Lipinski definition) is 4. The second kappa shape index (κ2) is 5.43. The van der Waals surface area contributed by atoms with Crippen LogP contribution in [-0.2, 0) is 14.6 Å². The molecule has 1 aliphatic carbocycles. The van der Waals surface area contributed by atoms with E-state index in [0.717, 1.165) is 4.47 Å². The third-order valence-corrected chi connectivity index (χ3v) is 6.97. The Hall–Kier alpha value is -1.70. The molecule has 2 aromatic carbocycles. The van der Waals surface area contributed by atoms with Crippen molar-refractivity contribution in [2.75, 3.05) is 0 Å². The van der Waals surface area contributed by atoms with Gasteiger partial charge in [-0.05, 0) is 29.8 Å². The monoisotopic (exact) mass is 395 g/mol. The first-order valence-electron chi connectivity index (χ1n) is 6.86. The quantitative estimate of drug-likeness (QED) is 0.826. The zero-order chi connectivity index (χ0) is 16.8. The van der Waals surface area contributed by atoms with Gasteiger partial charge in [0.25, 0.3) is 0 Å². The Kier molecular flexibility index (Phi) is 3.82. The van der Waals surface area contributed by atoms with Crippen molar-refractivity contribution < 1.29 is 18.3 Å². The van der Waals surface area contributed by atoms with E-state index in [2.05, 4.69) is 15.9 Å². The van der Waals surface area contributed by atoms with E-state index in [9.17, 15) is 18.3 Å². The van der Waals surface area contributed by atoms with Crippen LogP contribution in [0.5, 0.6) is 0 Å². The maximum atomic E-state index is 12.8. The fourth-order valence-corrected chi connectivity index (χ4v) is 5.46. The summed E-state index contributed by atoms with van der Waals surface area (Å²) >= 11 is 3.30. The van der Waals surface area contributed by atoms with Gasteiger partial charge < -0.3 is 10.8 Å². The van der Waals surface area contributed by atoms with Gasteiger partial charge in [-0.15, -0.1) is 0 Å². The number of nitrogens with two attached hydrogens (primary N) is 1. The van der Waals surface area contributed by atoms with Crippen LogP contribution in [0, 0.1) is 0 Å². The average Bonchev–Trinajstić information content (AvgIpc) is 3.18. The van der Waals surface area contributed by atoms with Crippen molar-refractivity contribution in [3.63, 3.8) is 0 Å². The largest absolute Gasteiger partial charge is 0.480 e. The second-order valence-corrected chi connectivity index (χ2v) is 8.53. The molecular formula is C16H14BrNO4S. The highest BCUT2D eigenvalue weighted by molar-refractivity contribution is 9.10. The molecule has 0 unspecified atom stereocenters. The lowest BCUT2D eigenvalue weighted by molar-refractivity contribution is -0.139. The first kappa shape index (κ1) is 16.2. The second-order valence-electron chi connectivity index (χ2n) is 5.55. The molecule has 5 nitrogen and oxygen atoms in total. The molecule has 120 valence electrons. The summed E-state index contributed by atoms with van der Waals surface area (Å²) in [6.45, 7) is 0. The molecule has 0 radical (unpaired) electrons. The molecule has 0 aliphatic heterocycles. The number of aliphatic carboxylic acids is 1. The molecule has 1 fully saturated rings. The van der Waals surface area contributed by atoms with Gasteiger partial charge in [-0.2, -0.15) is 0 Å². The molecular weight excluding hydrogens is 382 g/mol. The van der Waals surface area contributed by atoms with Crippen LogP contribution in [0.15, 0.2) is 64.0 Å². The molecule has 1 saturated carbocycles. The van der Waals surface area contributed by atoms with Gasteiger partial charge in [-0.1, -0.05) is 46.3 Å². The molecule has 3 atom stereocenters. The smallest absolute Gasteiger partial charge is 0.325 e. The van der Waals surface area contributed by atoms with Crippen LogP contribution in [0.1, 0.15) is 11.5 Å². The number of sulfone groups is 1. The number of benzene rings is 2. The number of carboxylic acids is 1. The van der Waals surface area contributed by atoms with Gasteiger partial charge in [-0.3, -0.25) is 4.79 Å². The van der Waals surface area contributed by atoms with Crippen molar-refractivity contribution in [1.82, 2.24) is 0 Å². The molecule has 23 heavy (non-hydrogen) atoms. The fraction of sp³-hybridized carbons (Fsp3) is 0.188. The standard InChI is InChI=1S/C16H14BrNO4S/c17-11-8-6-10(7-9-11)13-14(16(13,18)15(19)20)23(21,22)12-4-2-1-3-5-12/h1-9,13-14H,18H2,(H,19,20)/t13-,14-,16-/m0/s1. The molecule has 0 amide bonds. The molecule has 0 bridgehead atoms. The van der Waals surface area contributed by atoms with Crippen molar-refractivity contribution in [2.24, 2.45) is 5.73 Å². The predicted octanol–water partition coefficient (Wildman–Crippen LogP) is 2.17. The summed E-state index contributed by atoms with van der Waals surface area (Å²) in [5, 5.41) is 8.30. The molecule has 0 heterocycles. The van der Waals surface area contributed by atoms with Crippen molar-refractivity contribution in [3.05, 3.63) is 64.6 Å². The molecule has 0 spiro atoms. The average molecular weight is 396 g/mol. The van der Waals surface area contributed by atoms with E-state index in [1.165, 1.54) is 12.1 Å². The highest BCUT2D eigenvalue weighted by atomic mass is 79.9. The van der Waals surface area contributed by atoms with Crippen LogP contribution in [0.4, 0.5) is 0 Å². The van der Waals surface area contributed by atoms with Crippen LogP contribution in [0.25, 0.3) is 0 Å². The van der Waals surface area contributed by atoms with Crippen molar-refractivity contribution in [1.29, 1.82) is 0 Å². The number of rotatable bonds is 4. The summed E-state index contributed by atoms with van der Waals surface area (Å²) in [6.07, 6.45) is 0. The molecule has 0 aromatic heterocycles. The minimum absolute atomic E-state index is 0.0840. The molecule has 1 aliphatic rings. The van der Waals surface area contributed by atoms with E-state index in [0.29, 0.717) is 5.56 Å². The fourth-order valence-electron chi connectivity index (χ4n) is 2.94. The Morgan fingerprint density at radius 1 is 1.09 bits per heavy atom. The minimum Gasteiger partial charge on any atom is -0.480 e. The summed E-state index contributed by atoms with van der Waals surface area (Å²) in [4.78, 5) is 11.7. The van der Waals surface area contributed by atoms with Crippen LogP contribution in [0.2, 0.25) is 0 Å². The Morgan fingerprint density at radius 3 is 2.17 bits per heavy atom. The van der Waals surface area contributed by atoms with E-state index in [1.807, 2.05) is 0 Å². The van der Waals surface area contributed by atoms with Gasteiger partial charge >= 0.3 is 5.97 Å². The van der Waals surface area contributed by atoms with Crippen molar-refractivity contribution >= 4 is 31.7 Å². The molecule has 2 aromatic rings. The lowest BCUT2D eigenvalue weighted by atomic mass is 10.1. The number of carboxylic acid groups (broad SMARTS) is 1. The van der Waals surface area contributed by atoms with E-state index < -0.39 is 32.5 Å². The normalized spacial score (nSPS) is 26.7. The maximum absolute atomic E-state index is 12.8. The first-order valence-corrected chi connectivity index (χ1v) is 9.20. The van der Waals surface area contributed by atoms with Crippen molar-refractivity contribution in [3.8, 4) is 0 Å². The minimum atomic E-state index is -3.84. The molecule has 0 saturated heterocycles. The van der Waals surface area contributed by atoms with Gasteiger partial charge in [0, 0.05) is 10.4 Å². The summed E-state index contributed by atoms with van der Waals surface area (Å²) in [5.41, 5.74) is 4.76. The zero-order valence-corrected chi connectivity index (χ0v) is 14.3. The summed E-state index contributed by atoms with van der Waals surface area (Å²) < 4.78 is 26.4. The lowest BCUT2D eigenvalue weighted by Crippen LogP contribution is -2.39. The van der Waals surface area contributed by atoms with Crippen LogP contribution >= 0.6 is 15.9 Å². The Labute approximate surface area is 142 Å². The topological polar surface area (TPSA) is 97.5 Å².